The van der Waals surface area contributed by atoms with Crippen molar-refractivity contribution < 1.29 is 9.09 Å². The van der Waals surface area contributed by atoms with Gasteiger partial charge in [0.2, 0.25) is 7.37 Å². The van der Waals surface area contributed by atoms with Crippen LogP contribution in [-0.4, -0.2) is 6.61 Å². The highest BCUT2D eigenvalue weighted by molar-refractivity contribution is 7.65. The zero-order valence-corrected chi connectivity index (χ0v) is 6.72. The van der Waals surface area contributed by atoms with Crippen molar-refractivity contribution >= 4 is 7.37 Å². The molecule has 0 spiro atoms. The lowest BCUT2D eigenvalue weighted by molar-refractivity contribution is 0.367. The normalized spacial score (nSPS) is 10.4. The van der Waals surface area contributed by atoms with E-state index in [1.165, 1.54) is 17.7 Å². The average Bonchev–Trinajstić information content (AvgIpc) is 2.00. The van der Waals surface area contributed by atoms with E-state index in [0.29, 0.717) is 0 Å². The summed E-state index contributed by atoms with van der Waals surface area (Å²) in [6.07, 6.45) is 1.53. The summed E-state index contributed by atoms with van der Waals surface area (Å²) in [5, 5.41) is 0. The largest absolute Gasteiger partial charge is 0.319 e. The summed E-state index contributed by atoms with van der Waals surface area (Å²) in [6.45, 7) is 10.4. The first kappa shape index (κ1) is 9.41. The molecule has 0 fully saturated rings. The van der Waals surface area contributed by atoms with E-state index in [1.807, 2.05) is 0 Å². The van der Waals surface area contributed by atoms with Crippen LogP contribution in [0.2, 0.25) is 0 Å². The second-order valence-corrected chi connectivity index (χ2v) is 3.87. The Bertz CT molecular complexity index is 172. The molecule has 0 amide bonds. The fraction of sp³-hybridized carbons (Fsp3) is 0.143. The Labute approximate surface area is 61.3 Å². The fourth-order valence-electron chi connectivity index (χ4n) is 0.349. The van der Waals surface area contributed by atoms with Crippen molar-refractivity contribution in [2.75, 3.05) is 6.61 Å². The van der Waals surface area contributed by atoms with E-state index in [4.69, 9.17) is 4.52 Å². The first-order chi connectivity index (χ1) is 4.68. The molecule has 0 saturated carbocycles. The van der Waals surface area contributed by atoms with Crippen LogP contribution in [0.5, 0.6) is 0 Å². The van der Waals surface area contributed by atoms with Crippen LogP contribution in [-0.2, 0) is 9.09 Å². The summed E-state index contributed by atoms with van der Waals surface area (Å²) in [4.78, 5) is 0. The second kappa shape index (κ2) is 4.26. The molecule has 0 radical (unpaired) electrons. The van der Waals surface area contributed by atoms with E-state index in [-0.39, 0.29) is 6.61 Å². The molecule has 0 aromatic carbocycles. The van der Waals surface area contributed by atoms with Crippen LogP contribution in [0.3, 0.4) is 0 Å². The Kier molecular flexibility index (Phi) is 4.01. The van der Waals surface area contributed by atoms with Gasteiger partial charge in [-0.25, -0.2) is 0 Å². The van der Waals surface area contributed by atoms with Crippen LogP contribution in [0.4, 0.5) is 0 Å². The van der Waals surface area contributed by atoms with Gasteiger partial charge < -0.3 is 4.52 Å². The number of hydrogen-bond acceptors (Lipinski definition) is 2. The highest BCUT2D eigenvalue weighted by Crippen LogP contribution is 2.48. The molecular formula is C7H11O2P. The molecule has 0 aromatic rings. The zero-order chi connectivity index (χ0) is 8.04. The minimum absolute atomic E-state index is 0.259. The van der Waals surface area contributed by atoms with Crippen molar-refractivity contribution in [1.82, 2.24) is 0 Å². The van der Waals surface area contributed by atoms with Gasteiger partial charge in [0.25, 0.3) is 0 Å². The molecule has 0 aromatic heterocycles. The lowest BCUT2D eigenvalue weighted by atomic mass is 10.7. The average molecular weight is 158 g/mol. The first-order valence-corrected chi connectivity index (χ1v) is 4.57. The van der Waals surface area contributed by atoms with Crippen LogP contribution in [0.25, 0.3) is 0 Å². The van der Waals surface area contributed by atoms with Crippen LogP contribution < -0.4 is 0 Å². The quantitative estimate of drug-likeness (QED) is 0.454. The minimum atomic E-state index is -2.74. The third-order valence-corrected chi connectivity index (χ3v) is 2.47. The summed E-state index contributed by atoms with van der Waals surface area (Å²) >= 11 is 0. The van der Waals surface area contributed by atoms with Gasteiger partial charge in [-0.2, -0.15) is 0 Å². The van der Waals surface area contributed by atoms with Crippen LogP contribution >= 0.6 is 7.37 Å². The number of rotatable bonds is 5. The molecule has 2 nitrogen and oxygen atoms in total. The van der Waals surface area contributed by atoms with Crippen LogP contribution in [0.15, 0.2) is 37.4 Å². The molecule has 10 heavy (non-hydrogen) atoms. The number of hydrogen-bond donors (Lipinski definition) is 0. The third kappa shape index (κ3) is 2.81. The molecule has 0 bridgehead atoms. The van der Waals surface area contributed by atoms with E-state index >= 15 is 0 Å². The first-order valence-electron chi connectivity index (χ1n) is 2.80. The highest BCUT2D eigenvalue weighted by Gasteiger charge is 2.10. The second-order valence-electron chi connectivity index (χ2n) is 1.59. The SMILES string of the molecule is C=CCOP(=O)(C=C)C=C. The molecule has 0 aliphatic rings. The van der Waals surface area contributed by atoms with Gasteiger partial charge >= 0.3 is 0 Å². The Morgan fingerprint density at radius 1 is 1.30 bits per heavy atom. The summed E-state index contributed by atoms with van der Waals surface area (Å²) in [5.74, 6) is 2.53. The maximum absolute atomic E-state index is 11.2. The van der Waals surface area contributed by atoms with E-state index in [0.717, 1.165) is 0 Å². The van der Waals surface area contributed by atoms with Crippen molar-refractivity contribution in [1.29, 1.82) is 0 Å². The predicted octanol–water partition coefficient (Wildman–Crippen LogP) is 2.75. The maximum atomic E-state index is 11.2. The molecular weight excluding hydrogens is 147 g/mol. The highest BCUT2D eigenvalue weighted by atomic mass is 31.2. The van der Waals surface area contributed by atoms with Crippen molar-refractivity contribution in [3.63, 3.8) is 0 Å². The van der Waals surface area contributed by atoms with Crippen LogP contribution in [0, 0.1) is 0 Å². The zero-order valence-electron chi connectivity index (χ0n) is 5.82. The van der Waals surface area contributed by atoms with Gasteiger partial charge in [-0.05, 0) is 11.6 Å². The van der Waals surface area contributed by atoms with Crippen molar-refractivity contribution in [2.45, 2.75) is 0 Å². The molecule has 0 aliphatic heterocycles. The molecule has 0 aliphatic carbocycles. The van der Waals surface area contributed by atoms with Gasteiger partial charge in [0, 0.05) is 0 Å². The topological polar surface area (TPSA) is 26.3 Å². The van der Waals surface area contributed by atoms with Gasteiger partial charge in [-0.3, -0.25) is 4.57 Å². The summed E-state index contributed by atoms with van der Waals surface area (Å²) in [6, 6.07) is 0. The molecule has 0 saturated heterocycles. The van der Waals surface area contributed by atoms with Gasteiger partial charge in [0.05, 0.1) is 6.61 Å². The third-order valence-electron chi connectivity index (χ3n) is 0.903. The Morgan fingerprint density at radius 3 is 2.10 bits per heavy atom. The Balaban J connectivity index is 4.06. The molecule has 3 heteroatoms. The van der Waals surface area contributed by atoms with E-state index in [2.05, 4.69) is 19.7 Å². The van der Waals surface area contributed by atoms with Crippen molar-refractivity contribution in [3.05, 3.63) is 37.4 Å². The smallest absolute Gasteiger partial charge is 0.246 e. The monoisotopic (exact) mass is 158 g/mol. The van der Waals surface area contributed by atoms with Crippen molar-refractivity contribution in [3.8, 4) is 0 Å². The fourth-order valence-corrected chi connectivity index (χ4v) is 1.05. The molecule has 0 heterocycles. The van der Waals surface area contributed by atoms with Gasteiger partial charge in [-0.1, -0.05) is 19.2 Å². The molecule has 56 valence electrons. The van der Waals surface area contributed by atoms with Crippen molar-refractivity contribution in [2.24, 2.45) is 0 Å². The maximum Gasteiger partial charge on any atom is 0.246 e. The van der Waals surface area contributed by atoms with E-state index in [1.54, 1.807) is 0 Å². The molecule has 0 N–H and O–H groups in total. The molecule has 0 unspecified atom stereocenters. The summed E-state index contributed by atoms with van der Waals surface area (Å²) in [5.41, 5.74) is 0. The standard InChI is InChI=1S/C7H11O2P/c1-4-7-9-10(8,5-2)6-3/h4-6H,1-3,7H2. The predicted molar refractivity (Wildman–Crippen MR) is 44.1 cm³/mol. The molecule has 0 atom stereocenters. The molecule has 0 rings (SSSR count). The minimum Gasteiger partial charge on any atom is -0.319 e. The Morgan fingerprint density at radius 2 is 1.80 bits per heavy atom. The van der Waals surface area contributed by atoms with E-state index in [9.17, 15) is 4.57 Å². The summed E-state index contributed by atoms with van der Waals surface area (Å²) < 4.78 is 16.1. The lowest BCUT2D eigenvalue weighted by Crippen LogP contribution is -1.83. The Hall–Kier alpha value is -0.590. The van der Waals surface area contributed by atoms with Crippen LogP contribution in [0.1, 0.15) is 0 Å². The van der Waals surface area contributed by atoms with Gasteiger partial charge in [0.1, 0.15) is 0 Å². The van der Waals surface area contributed by atoms with E-state index < -0.39 is 7.37 Å². The van der Waals surface area contributed by atoms with Gasteiger partial charge in [0.15, 0.2) is 0 Å². The summed E-state index contributed by atoms with van der Waals surface area (Å²) in [7, 11) is -2.74. The lowest BCUT2D eigenvalue weighted by Gasteiger charge is -2.06. The van der Waals surface area contributed by atoms with Gasteiger partial charge in [-0.15, -0.1) is 6.58 Å².